The molecule has 1 aromatic carbocycles. The topological polar surface area (TPSA) is 76.2 Å². The molecule has 0 saturated heterocycles. The molecule has 0 bridgehead atoms. The maximum atomic E-state index is 12.0. The Morgan fingerprint density at radius 2 is 2.25 bits per heavy atom. The van der Waals surface area contributed by atoms with Gasteiger partial charge >= 0.3 is 0 Å². The molecule has 1 aromatic heterocycles. The van der Waals surface area contributed by atoms with Crippen LogP contribution in [0.2, 0.25) is 0 Å². The van der Waals surface area contributed by atoms with Crippen molar-refractivity contribution < 1.29 is 4.79 Å². The third-order valence-corrected chi connectivity index (χ3v) is 2.90. The zero-order chi connectivity index (χ0) is 14.5. The number of rotatable bonds is 5. The zero-order valence-corrected chi connectivity index (χ0v) is 11.7. The number of carbonyl (C=O) groups is 1. The maximum absolute atomic E-state index is 12.0. The number of nitrogens with zero attached hydrogens (tertiary/aromatic N) is 3. The monoisotopic (exact) mass is 273 g/mol. The third-order valence-electron chi connectivity index (χ3n) is 2.90. The average Bonchev–Trinajstić information content (AvgIpc) is 2.84. The Kier molecular flexibility index (Phi) is 4.24. The molecular formula is C14H19N5O. The molecule has 0 spiro atoms. The van der Waals surface area contributed by atoms with Gasteiger partial charge in [-0.1, -0.05) is 6.07 Å². The van der Waals surface area contributed by atoms with Gasteiger partial charge in [-0.2, -0.15) is 5.10 Å². The summed E-state index contributed by atoms with van der Waals surface area (Å²) in [6.45, 7) is 1.10. The predicted molar refractivity (Wildman–Crippen MR) is 79.7 cm³/mol. The highest BCUT2D eigenvalue weighted by Crippen LogP contribution is 2.13. The van der Waals surface area contributed by atoms with Crippen LogP contribution in [-0.2, 0) is 6.54 Å². The van der Waals surface area contributed by atoms with E-state index in [9.17, 15) is 4.79 Å². The SMILES string of the molecule is CN(C)c1cccc(C(=O)NCCn2cc(N)cn2)c1. The van der Waals surface area contributed by atoms with Crippen LogP contribution in [0, 0.1) is 0 Å². The largest absolute Gasteiger partial charge is 0.396 e. The van der Waals surface area contributed by atoms with Gasteiger partial charge in [0.05, 0.1) is 18.4 Å². The van der Waals surface area contributed by atoms with Crippen LogP contribution in [0.4, 0.5) is 11.4 Å². The second-order valence-corrected chi connectivity index (χ2v) is 4.74. The summed E-state index contributed by atoms with van der Waals surface area (Å²) in [5, 5.41) is 6.92. The zero-order valence-electron chi connectivity index (χ0n) is 11.7. The summed E-state index contributed by atoms with van der Waals surface area (Å²) in [5.74, 6) is -0.0890. The molecule has 0 aliphatic heterocycles. The van der Waals surface area contributed by atoms with Crippen molar-refractivity contribution >= 4 is 17.3 Å². The first-order chi connectivity index (χ1) is 9.56. The third kappa shape index (κ3) is 3.50. The van der Waals surface area contributed by atoms with Crippen LogP contribution >= 0.6 is 0 Å². The number of amides is 1. The van der Waals surface area contributed by atoms with E-state index in [-0.39, 0.29) is 5.91 Å². The van der Waals surface area contributed by atoms with Crippen molar-refractivity contribution in [2.24, 2.45) is 0 Å². The smallest absolute Gasteiger partial charge is 0.251 e. The van der Waals surface area contributed by atoms with Gasteiger partial charge in [0.2, 0.25) is 0 Å². The lowest BCUT2D eigenvalue weighted by molar-refractivity contribution is 0.0952. The Labute approximate surface area is 118 Å². The van der Waals surface area contributed by atoms with E-state index < -0.39 is 0 Å². The van der Waals surface area contributed by atoms with Crippen LogP contribution in [0.15, 0.2) is 36.7 Å². The van der Waals surface area contributed by atoms with Gasteiger partial charge in [-0.05, 0) is 18.2 Å². The van der Waals surface area contributed by atoms with E-state index in [1.54, 1.807) is 23.1 Å². The molecule has 6 nitrogen and oxygen atoms in total. The predicted octanol–water partition coefficient (Wildman–Crippen LogP) is 0.961. The number of hydrogen-bond acceptors (Lipinski definition) is 4. The van der Waals surface area contributed by atoms with Gasteiger partial charge in [-0.3, -0.25) is 9.48 Å². The van der Waals surface area contributed by atoms with E-state index in [2.05, 4.69) is 10.4 Å². The lowest BCUT2D eigenvalue weighted by Gasteiger charge is -2.13. The van der Waals surface area contributed by atoms with E-state index in [0.717, 1.165) is 5.69 Å². The van der Waals surface area contributed by atoms with E-state index in [0.29, 0.717) is 24.3 Å². The second kappa shape index (κ2) is 6.10. The Hall–Kier alpha value is -2.50. The van der Waals surface area contributed by atoms with Gasteiger partial charge in [-0.25, -0.2) is 0 Å². The molecule has 0 radical (unpaired) electrons. The highest BCUT2D eigenvalue weighted by Gasteiger charge is 2.06. The summed E-state index contributed by atoms with van der Waals surface area (Å²) in [4.78, 5) is 14.0. The fourth-order valence-electron chi connectivity index (χ4n) is 1.81. The Morgan fingerprint density at radius 1 is 1.45 bits per heavy atom. The molecule has 0 aliphatic carbocycles. The average molecular weight is 273 g/mol. The number of nitrogens with two attached hydrogens (primary N) is 1. The van der Waals surface area contributed by atoms with Crippen LogP contribution in [0.5, 0.6) is 0 Å². The van der Waals surface area contributed by atoms with E-state index in [1.165, 1.54) is 0 Å². The second-order valence-electron chi connectivity index (χ2n) is 4.74. The standard InChI is InChI=1S/C14H19N5O/c1-18(2)13-5-3-4-11(8-13)14(20)16-6-7-19-10-12(15)9-17-19/h3-5,8-10H,6-7,15H2,1-2H3,(H,16,20). The lowest BCUT2D eigenvalue weighted by atomic mass is 10.2. The van der Waals surface area contributed by atoms with Crippen LogP contribution in [-0.4, -0.2) is 36.3 Å². The molecule has 3 N–H and O–H groups in total. The summed E-state index contributed by atoms with van der Waals surface area (Å²) < 4.78 is 1.70. The molecule has 0 atom stereocenters. The van der Waals surface area contributed by atoms with Crippen molar-refractivity contribution in [3.63, 3.8) is 0 Å². The molecular weight excluding hydrogens is 254 g/mol. The fourth-order valence-corrected chi connectivity index (χ4v) is 1.81. The normalized spacial score (nSPS) is 10.3. The highest BCUT2D eigenvalue weighted by atomic mass is 16.1. The van der Waals surface area contributed by atoms with Crippen LogP contribution in [0.3, 0.4) is 0 Å². The number of hydrogen-bond donors (Lipinski definition) is 2. The fraction of sp³-hybridized carbons (Fsp3) is 0.286. The first-order valence-corrected chi connectivity index (χ1v) is 6.40. The molecule has 0 unspecified atom stereocenters. The molecule has 0 aliphatic rings. The maximum Gasteiger partial charge on any atom is 0.251 e. The molecule has 2 aromatic rings. The molecule has 0 fully saturated rings. The number of benzene rings is 1. The molecule has 6 heteroatoms. The van der Waals surface area contributed by atoms with Crippen molar-refractivity contribution in [3.8, 4) is 0 Å². The quantitative estimate of drug-likeness (QED) is 0.851. The summed E-state index contributed by atoms with van der Waals surface area (Å²) in [5.41, 5.74) is 7.84. The molecule has 1 heterocycles. The summed E-state index contributed by atoms with van der Waals surface area (Å²) in [7, 11) is 3.89. The highest BCUT2D eigenvalue weighted by molar-refractivity contribution is 5.95. The van der Waals surface area contributed by atoms with Crippen LogP contribution in [0.25, 0.3) is 0 Å². The Bertz CT molecular complexity index is 591. The molecule has 20 heavy (non-hydrogen) atoms. The van der Waals surface area contributed by atoms with E-state index in [4.69, 9.17) is 5.73 Å². The van der Waals surface area contributed by atoms with Gasteiger partial charge in [0, 0.05) is 38.1 Å². The number of anilines is 2. The number of nitrogen functional groups attached to an aromatic ring is 1. The first-order valence-electron chi connectivity index (χ1n) is 6.40. The van der Waals surface area contributed by atoms with Gasteiger partial charge in [0.15, 0.2) is 0 Å². The van der Waals surface area contributed by atoms with Crippen molar-refractivity contribution in [1.82, 2.24) is 15.1 Å². The minimum atomic E-state index is -0.0890. The van der Waals surface area contributed by atoms with Gasteiger partial charge in [0.1, 0.15) is 0 Å². The first kappa shape index (κ1) is 13.9. The molecule has 0 saturated carbocycles. The van der Waals surface area contributed by atoms with Crippen LogP contribution in [0.1, 0.15) is 10.4 Å². The van der Waals surface area contributed by atoms with E-state index >= 15 is 0 Å². The number of nitrogens with one attached hydrogen (secondary N) is 1. The minimum absolute atomic E-state index is 0.0890. The number of carbonyl (C=O) groups excluding carboxylic acids is 1. The lowest BCUT2D eigenvalue weighted by Crippen LogP contribution is -2.27. The molecule has 2 rings (SSSR count). The van der Waals surface area contributed by atoms with E-state index in [1.807, 2.05) is 37.2 Å². The van der Waals surface area contributed by atoms with Crippen LogP contribution < -0.4 is 16.0 Å². The Morgan fingerprint density at radius 3 is 2.90 bits per heavy atom. The summed E-state index contributed by atoms with van der Waals surface area (Å²) in [6, 6.07) is 7.50. The van der Waals surface area contributed by atoms with Crippen molar-refractivity contribution in [2.45, 2.75) is 6.54 Å². The molecule has 106 valence electrons. The van der Waals surface area contributed by atoms with Crippen molar-refractivity contribution in [2.75, 3.05) is 31.3 Å². The van der Waals surface area contributed by atoms with Crippen molar-refractivity contribution in [1.29, 1.82) is 0 Å². The summed E-state index contributed by atoms with van der Waals surface area (Å²) >= 11 is 0. The van der Waals surface area contributed by atoms with Gasteiger partial charge < -0.3 is 16.0 Å². The van der Waals surface area contributed by atoms with Gasteiger partial charge in [-0.15, -0.1) is 0 Å². The Balaban J connectivity index is 1.90. The van der Waals surface area contributed by atoms with Gasteiger partial charge in [0.25, 0.3) is 5.91 Å². The minimum Gasteiger partial charge on any atom is -0.396 e. The number of aromatic nitrogens is 2. The molecule has 1 amide bonds. The van der Waals surface area contributed by atoms with Crippen molar-refractivity contribution in [3.05, 3.63) is 42.2 Å². The summed E-state index contributed by atoms with van der Waals surface area (Å²) in [6.07, 6.45) is 3.32.